The normalized spacial score (nSPS) is 10.5. The second kappa shape index (κ2) is 8.44. The van der Waals surface area contributed by atoms with Crippen molar-refractivity contribution in [1.29, 1.82) is 0 Å². The topological polar surface area (TPSA) is 127 Å². The number of thiazole rings is 1. The third-order valence-electron chi connectivity index (χ3n) is 3.66. The van der Waals surface area contributed by atoms with Gasteiger partial charge < -0.3 is 14.5 Å². The molecule has 2 N–H and O–H groups in total. The Hall–Kier alpha value is -3.53. The number of hydrogen-bond acceptors (Lipinski definition) is 8. The quantitative estimate of drug-likeness (QED) is 0.599. The van der Waals surface area contributed by atoms with Gasteiger partial charge in [-0.2, -0.15) is 0 Å². The first-order chi connectivity index (χ1) is 13.5. The molecule has 1 amide bonds. The highest BCUT2D eigenvalue weighted by molar-refractivity contribution is 7.13. The lowest BCUT2D eigenvalue weighted by Crippen LogP contribution is -2.22. The Morgan fingerprint density at radius 3 is 2.82 bits per heavy atom. The Bertz CT molecular complexity index is 1100. The maximum Gasteiger partial charge on any atom is 0.339 e. The fourth-order valence-corrected chi connectivity index (χ4v) is 3.13. The molecule has 28 heavy (non-hydrogen) atoms. The van der Waals surface area contributed by atoms with Crippen molar-refractivity contribution in [2.45, 2.75) is 6.42 Å². The van der Waals surface area contributed by atoms with Gasteiger partial charge in [0.1, 0.15) is 0 Å². The number of nitrogens with zero attached hydrogens (tertiary/aromatic N) is 1. The average molecular weight is 401 g/mol. The minimum atomic E-state index is -0.789. The monoisotopic (exact) mass is 401 g/mol. The van der Waals surface area contributed by atoms with Crippen LogP contribution in [0.1, 0.15) is 16.1 Å². The molecule has 0 bridgehead atoms. The molecule has 10 heteroatoms. The van der Waals surface area contributed by atoms with E-state index in [9.17, 15) is 19.2 Å². The van der Waals surface area contributed by atoms with Gasteiger partial charge in [0.2, 0.25) is 5.56 Å². The van der Waals surface area contributed by atoms with Crippen LogP contribution in [0.2, 0.25) is 0 Å². The standard InChI is InChI=1S/C18H15N3O6S/c1-26-16(24)6-10-9-28-18(19-10)21-15(23)8-27-17(25)12-7-14(22)20-13-5-3-2-4-11(12)13/h2-5,7,9H,6,8H2,1H3,(H,20,22)(H,19,21,23). The SMILES string of the molecule is COC(=O)Cc1csc(NC(=O)COC(=O)c2cc(=O)[nH]c3ccccc23)n1. The highest BCUT2D eigenvalue weighted by Gasteiger charge is 2.16. The lowest BCUT2D eigenvalue weighted by atomic mass is 10.1. The molecule has 3 rings (SSSR count). The van der Waals surface area contributed by atoms with Gasteiger partial charge in [-0.15, -0.1) is 11.3 Å². The summed E-state index contributed by atoms with van der Waals surface area (Å²) in [6.07, 6.45) is -0.00646. The summed E-state index contributed by atoms with van der Waals surface area (Å²) in [7, 11) is 1.27. The smallest absolute Gasteiger partial charge is 0.339 e. The Morgan fingerprint density at radius 1 is 1.25 bits per heavy atom. The molecule has 1 aromatic carbocycles. The van der Waals surface area contributed by atoms with E-state index in [1.54, 1.807) is 29.6 Å². The molecule has 0 spiro atoms. The maximum atomic E-state index is 12.3. The van der Waals surface area contributed by atoms with E-state index >= 15 is 0 Å². The Kier molecular flexibility index (Phi) is 5.80. The van der Waals surface area contributed by atoms with E-state index in [1.807, 2.05) is 0 Å². The number of rotatable bonds is 6. The number of hydrogen-bond donors (Lipinski definition) is 2. The number of esters is 2. The van der Waals surface area contributed by atoms with Gasteiger partial charge in [0.05, 0.1) is 24.8 Å². The number of methoxy groups -OCH3 is 1. The van der Waals surface area contributed by atoms with Gasteiger partial charge in [0.25, 0.3) is 5.91 Å². The number of anilines is 1. The summed E-state index contributed by atoms with van der Waals surface area (Å²) >= 11 is 1.13. The van der Waals surface area contributed by atoms with Crippen LogP contribution >= 0.6 is 11.3 Å². The molecule has 2 aromatic heterocycles. The fraction of sp³-hybridized carbons (Fsp3) is 0.167. The molecule has 9 nitrogen and oxygen atoms in total. The molecule has 0 saturated carbocycles. The second-order valence-corrected chi connectivity index (χ2v) is 6.47. The van der Waals surface area contributed by atoms with Gasteiger partial charge in [0.15, 0.2) is 11.7 Å². The zero-order valence-corrected chi connectivity index (χ0v) is 15.5. The lowest BCUT2D eigenvalue weighted by Gasteiger charge is -2.07. The molecule has 0 fully saturated rings. The zero-order chi connectivity index (χ0) is 20.1. The number of benzene rings is 1. The van der Waals surface area contributed by atoms with Crippen LogP contribution in [-0.4, -0.2) is 41.5 Å². The minimum absolute atomic E-state index is 0.00646. The van der Waals surface area contributed by atoms with Crippen LogP contribution in [0.25, 0.3) is 10.9 Å². The van der Waals surface area contributed by atoms with Crippen molar-refractivity contribution < 1.29 is 23.9 Å². The summed E-state index contributed by atoms with van der Waals surface area (Å²) in [5.74, 6) is -1.83. The molecule has 0 atom stereocenters. The molecule has 144 valence electrons. The second-order valence-electron chi connectivity index (χ2n) is 5.61. The van der Waals surface area contributed by atoms with E-state index in [4.69, 9.17) is 4.74 Å². The number of aromatic amines is 1. The molecular weight excluding hydrogens is 386 g/mol. The van der Waals surface area contributed by atoms with Crippen molar-refractivity contribution in [3.8, 4) is 0 Å². The predicted molar refractivity (Wildman–Crippen MR) is 101 cm³/mol. The number of amides is 1. The first-order valence-corrected chi connectivity index (χ1v) is 8.94. The van der Waals surface area contributed by atoms with Crippen LogP contribution in [0.4, 0.5) is 5.13 Å². The first-order valence-electron chi connectivity index (χ1n) is 8.06. The Labute approximate surface area is 162 Å². The molecule has 0 saturated heterocycles. The third kappa shape index (κ3) is 4.60. The Morgan fingerprint density at radius 2 is 2.04 bits per heavy atom. The number of H-pyrrole nitrogens is 1. The van der Waals surface area contributed by atoms with E-state index in [2.05, 4.69) is 20.0 Å². The van der Waals surface area contributed by atoms with Crippen molar-refractivity contribution >= 4 is 45.2 Å². The van der Waals surface area contributed by atoms with Crippen LogP contribution < -0.4 is 10.9 Å². The number of fused-ring (bicyclic) bond motifs is 1. The summed E-state index contributed by atoms with van der Waals surface area (Å²) in [6.45, 7) is -0.550. The highest BCUT2D eigenvalue weighted by Crippen LogP contribution is 2.17. The number of nitrogens with one attached hydrogen (secondary N) is 2. The van der Waals surface area contributed by atoms with Crippen LogP contribution in [0.5, 0.6) is 0 Å². The highest BCUT2D eigenvalue weighted by atomic mass is 32.1. The average Bonchev–Trinajstić information content (AvgIpc) is 3.11. The van der Waals surface area contributed by atoms with Gasteiger partial charge in [0, 0.05) is 22.3 Å². The van der Waals surface area contributed by atoms with E-state index in [1.165, 1.54) is 7.11 Å². The van der Waals surface area contributed by atoms with Crippen LogP contribution in [-0.2, 0) is 25.5 Å². The van der Waals surface area contributed by atoms with Crippen LogP contribution in [0, 0.1) is 0 Å². The number of para-hydroxylation sites is 1. The van der Waals surface area contributed by atoms with Gasteiger partial charge in [-0.1, -0.05) is 18.2 Å². The van der Waals surface area contributed by atoms with Crippen molar-refractivity contribution in [3.63, 3.8) is 0 Å². The molecule has 0 aliphatic rings. The third-order valence-corrected chi connectivity index (χ3v) is 4.46. The fourth-order valence-electron chi connectivity index (χ4n) is 2.40. The van der Waals surface area contributed by atoms with Crippen molar-refractivity contribution in [2.24, 2.45) is 0 Å². The maximum absolute atomic E-state index is 12.3. The van der Waals surface area contributed by atoms with E-state index < -0.39 is 30.0 Å². The molecule has 0 radical (unpaired) electrons. The largest absolute Gasteiger partial charge is 0.469 e. The lowest BCUT2D eigenvalue weighted by molar-refractivity contribution is -0.139. The number of carbonyl (C=O) groups is 3. The van der Waals surface area contributed by atoms with Crippen LogP contribution in [0.3, 0.4) is 0 Å². The number of aromatic nitrogens is 2. The number of pyridine rings is 1. The van der Waals surface area contributed by atoms with Crippen LogP contribution in [0.15, 0.2) is 40.5 Å². The van der Waals surface area contributed by atoms with Gasteiger partial charge >= 0.3 is 11.9 Å². The summed E-state index contributed by atoms with van der Waals surface area (Å²) in [5.41, 5.74) is 0.573. The first kappa shape index (κ1) is 19.2. The van der Waals surface area contributed by atoms with Crippen molar-refractivity contribution in [1.82, 2.24) is 9.97 Å². The van der Waals surface area contributed by atoms with E-state index in [0.29, 0.717) is 16.6 Å². The van der Waals surface area contributed by atoms with E-state index in [0.717, 1.165) is 17.4 Å². The molecule has 0 unspecified atom stereocenters. The molecule has 0 aliphatic heterocycles. The van der Waals surface area contributed by atoms with Gasteiger partial charge in [-0.25, -0.2) is 9.78 Å². The van der Waals surface area contributed by atoms with Crippen molar-refractivity contribution in [3.05, 3.63) is 57.3 Å². The number of ether oxygens (including phenoxy) is 2. The molecule has 0 aliphatic carbocycles. The van der Waals surface area contributed by atoms with Gasteiger partial charge in [-0.3, -0.25) is 19.7 Å². The Balaban J connectivity index is 1.61. The summed E-state index contributed by atoms with van der Waals surface area (Å²) in [6, 6.07) is 7.90. The molecular formula is C18H15N3O6S. The molecule has 2 heterocycles. The zero-order valence-electron chi connectivity index (χ0n) is 14.7. The number of carbonyl (C=O) groups excluding carboxylic acids is 3. The summed E-state index contributed by atoms with van der Waals surface area (Å²) in [4.78, 5) is 53.9. The summed E-state index contributed by atoms with van der Waals surface area (Å²) < 4.78 is 9.56. The summed E-state index contributed by atoms with van der Waals surface area (Å²) in [5, 5.41) is 4.87. The minimum Gasteiger partial charge on any atom is -0.469 e. The van der Waals surface area contributed by atoms with Gasteiger partial charge in [-0.05, 0) is 6.07 Å². The predicted octanol–water partition coefficient (Wildman–Crippen LogP) is 1.50. The van der Waals surface area contributed by atoms with Crippen molar-refractivity contribution in [2.75, 3.05) is 19.0 Å². The van der Waals surface area contributed by atoms with E-state index in [-0.39, 0.29) is 17.1 Å². The molecule has 3 aromatic rings.